The number of carbonyl (C=O) groups is 2. The number of carbonyl (C=O) groups excluding carboxylic acids is 2. The van der Waals surface area contributed by atoms with E-state index in [1.807, 2.05) is 0 Å². The van der Waals surface area contributed by atoms with Crippen molar-refractivity contribution in [2.24, 2.45) is 5.73 Å². The summed E-state index contributed by atoms with van der Waals surface area (Å²) in [4.78, 5) is 34.3. The maximum absolute atomic E-state index is 11.9. The summed E-state index contributed by atoms with van der Waals surface area (Å²) < 4.78 is 6.22. The van der Waals surface area contributed by atoms with Crippen molar-refractivity contribution in [1.82, 2.24) is 15.1 Å². The van der Waals surface area contributed by atoms with Gasteiger partial charge in [-0.15, -0.1) is 0 Å². The Kier molecular flexibility index (Phi) is 4.17. The van der Waals surface area contributed by atoms with Crippen LogP contribution in [0.1, 0.15) is 13.0 Å². The Labute approximate surface area is 119 Å². The predicted octanol–water partition coefficient (Wildman–Crippen LogP) is -0.334. The molecule has 2 rings (SSSR count). The zero-order chi connectivity index (χ0) is 15.4. The molecule has 0 aliphatic carbocycles. The molecule has 0 aliphatic rings. The monoisotopic (exact) mass is 290 g/mol. The minimum absolute atomic E-state index is 0.296. The Bertz CT molecular complexity index is 705. The number of hydrogen-bond donors (Lipinski definition) is 2. The van der Waals surface area contributed by atoms with Gasteiger partial charge in [-0.2, -0.15) is 5.10 Å². The van der Waals surface area contributed by atoms with Gasteiger partial charge in [0.1, 0.15) is 11.7 Å². The number of nitrogens with one attached hydrogen (secondary N) is 1. The maximum Gasteiger partial charge on any atom is 0.267 e. The van der Waals surface area contributed by atoms with E-state index in [1.54, 1.807) is 12.1 Å². The lowest BCUT2D eigenvalue weighted by atomic mass is 10.3. The maximum atomic E-state index is 11.9. The van der Waals surface area contributed by atoms with Crippen LogP contribution in [0.3, 0.4) is 0 Å². The Morgan fingerprint density at radius 1 is 1.43 bits per heavy atom. The lowest BCUT2D eigenvalue weighted by Gasteiger charge is -2.13. The minimum atomic E-state index is -0.883. The number of rotatable bonds is 5. The van der Waals surface area contributed by atoms with Gasteiger partial charge < -0.3 is 15.5 Å². The van der Waals surface area contributed by atoms with Crippen LogP contribution in [-0.2, 0) is 9.59 Å². The molecule has 1 unspecified atom stereocenters. The summed E-state index contributed by atoms with van der Waals surface area (Å²) in [5, 5.41) is 6.42. The molecule has 0 saturated carbocycles. The molecule has 0 spiro atoms. The van der Waals surface area contributed by atoms with Gasteiger partial charge in [0.2, 0.25) is 11.8 Å². The van der Waals surface area contributed by atoms with Crippen LogP contribution in [0.15, 0.2) is 39.7 Å². The van der Waals surface area contributed by atoms with Crippen LogP contribution in [0.2, 0.25) is 0 Å². The van der Waals surface area contributed by atoms with E-state index in [2.05, 4.69) is 10.4 Å². The summed E-state index contributed by atoms with van der Waals surface area (Å²) in [6.07, 6.45) is 1.48. The van der Waals surface area contributed by atoms with Crippen LogP contribution >= 0.6 is 0 Å². The fourth-order valence-corrected chi connectivity index (χ4v) is 1.69. The van der Waals surface area contributed by atoms with Crippen LogP contribution in [0.5, 0.6) is 0 Å². The van der Waals surface area contributed by atoms with E-state index in [0.717, 1.165) is 4.68 Å². The number of furan rings is 1. The molecule has 0 aromatic carbocycles. The topological polar surface area (TPSA) is 120 Å². The Balaban J connectivity index is 2.26. The lowest BCUT2D eigenvalue weighted by molar-refractivity contribution is -0.127. The van der Waals surface area contributed by atoms with Crippen LogP contribution in [0.25, 0.3) is 11.5 Å². The van der Waals surface area contributed by atoms with E-state index < -0.39 is 23.4 Å². The largest absolute Gasteiger partial charge is 0.463 e. The first-order chi connectivity index (χ1) is 9.99. The highest BCUT2D eigenvalue weighted by Gasteiger charge is 2.18. The summed E-state index contributed by atoms with van der Waals surface area (Å²) in [7, 11) is 0. The molecule has 2 heterocycles. The van der Waals surface area contributed by atoms with Gasteiger partial charge in [-0.05, 0) is 25.1 Å². The highest BCUT2D eigenvalue weighted by molar-refractivity contribution is 5.85. The molecule has 110 valence electrons. The second-order valence-electron chi connectivity index (χ2n) is 4.34. The van der Waals surface area contributed by atoms with Crippen molar-refractivity contribution in [3.05, 3.63) is 40.9 Å². The Morgan fingerprint density at radius 3 is 2.81 bits per heavy atom. The second-order valence-corrected chi connectivity index (χ2v) is 4.34. The summed E-state index contributed by atoms with van der Waals surface area (Å²) in [5.74, 6) is -0.714. The summed E-state index contributed by atoms with van der Waals surface area (Å²) >= 11 is 0. The van der Waals surface area contributed by atoms with Crippen molar-refractivity contribution in [1.29, 1.82) is 0 Å². The number of nitrogens with zero attached hydrogens (tertiary/aromatic N) is 2. The van der Waals surface area contributed by atoms with Gasteiger partial charge in [0.25, 0.3) is 5.56 Å². The van der Waals surface area contributed by atoms with Gasteiger partial charge in [0.05, 0.1) is 12.8 Å². The van der Waals surface area contributed by atoms with E-state index in [-0.39, 0.29) is 6.54 Å². The fraction of sp³-hybridized carbons (Fsp3) is 0.231. The van der Waals surface area contributed by atoms with E-state index in [0.29, 0.717) is 11.5 Å². The Hall–Kier alpha value is -2.90. The van der Waals surface area contributed by atoms with E-state index >= 15 is 0 Å². The molecule has 1 atom stereocenters. The SMILES string of the molecule is CC(C(=O)NCC(N)=O)n1nc(-c2ccco2)ccc1=O. The molecule has 8 heteroatoms. The molecule has 0 fully saturated rings. The molecule has 0 saturated heterocycles. The van der Waals surface area contributed by atoms with Crippen LogP contribution in [0, 0.1) is 0 Å². The third-order valence-corrected chi connectivity index (χ3v) is 2.78. The summed E-state index contributed by atoms with van der Waals surface area (Å²) in [6, 6.07) is 5.30. The second kappa shape index (κ2) is 6.04. The molecule has 2 aromatic heterocycles. The van der Waals surface area contributed by atoms with Crippen molar-refractivity contribution >= 4 is 11.8 Å². The van der Waals surface area contributed by atoms with Crippen molar-refractivity contribution in [2.45, 2.75) is 13.0 Å². The molecular formula is C13H14N4O4. The number of nitrogens with two attached hydrogens (primary N) is 1. The molecule has 2 amide bonds. The zero-order valence-electron chi connectivity index (χ0n) is 11.3. The van der Waals surface area contributed by atoms with Crippen molar-refractivity contribution in [3.8, 4) is 11.5 Å². The molecule has 0 radical (unpaired) electrons. The first kappa shape index (κ1) is 14.5. The molecule has 0 aliphatic heterocycles. The van der Waals surface area contributed by atoms with Gasteiger partial charge in [0, 0.05) is 6.07 Å². The molecule has 8 nitrogen and oxygen atoms in total. The first-order valence-electron chi connectivity index (χ1n) is 6.19. The quantitative estimate of drug-likeness (QED) is 0.781. The molecule has 3 N–H and O–H groups in total. The van der Waals surface area contributed by atoms with Crippen LogP contribution < -0.4 is 16.6 Å². The minimum Gasteiger partial charge on any atom is -0.463 e. The predicted molar refractivity (Wildman–Crippen MR) is 73.1 cm³/mol. The van der Waals surface area contributed by atoms with Crippen LogP contribution in [0.4, 0.5) is 0 Å². The van der Waals surface area contributed by atoms with E-state index in [4.69, 9.17) is 10.2 Å². The third kappa shape index (κ3) is 3.35. The van der Waals surface area contributed by atoms with Crippen molar-refractivity contribution < 1.29 is 14.0 Å². The highest BCUT2D eigenvalue weighted by atomic mass is 16.3. The molecular weight excluding hydrogens is 276 g/mol. The summed E-state index contributed by atoms with van der Waals surface area (Å²) in [6.45, 7) is 1.20. The Morgan fingerprint density at radius 2 is 2.19 bits per heavy atom. The first-order valence-corrected chi connectivity index (χ1v) is 6.19. The van der Waals surface area contributed by atoms with Gasteiger partial charge >= 0.3 is 0 Å². The van der Waals surface area contributed by atoms with E-state index in [9.17, 15) is 14.4 Å². The van der Waals surface area contributed by atoms with Gasteiger partial charge in [-0.25, -0.2) is 4.68 Å². The smallest absolute Gasteiger partial charge is 0.267 e. The van der Waals surface area contributed by atoms with Crippen molar-refractivity contribution in [2.75, 3.05) is 6.54 Å². The fourth-order valence-electron chi connectivity index (χ4n) is 1.69. The van der Waals surface area contributed by atoms with Gasteiger partial charge in [-0.3, -0.25) is 14.4 Å². The third-order valence-electron chi connectivity index (χ3n) is 2.78. The molecule has 2 aromatic rings. The normalized spacial score (nSPS) is 11.9. The number of hydrogen-bond acceptors (Lipinski definition) is 5. The molecule has 21 heavy (non-hydrogen) atoms. The number of aromatic nitrogens is 2. The van der Waals surface area contributed by atoms with Crippen LogP contribution in [-0.4, -0.2) is 28.1 Å². The number of amides is 2. The zero-order valence-corrected chi connectivity index (χ0v) is 11.3. The molecule has 0 bridgehead atoms. The summed E-state index contributed by atoms with van der Waals surface area (Å²) in [5.41, 5.74) is 4.93. The lowest BCUT2D eigenvalue weighted by Crippen LogP contribution is -2.40. The number of primary amides is 1. The van der Waals surface area contributed by atoms with Gasteiger partial charge in [-0.1, -0.05) is 0 Å². The standard InChI is InChI=1S/C13H14N4O4/c1-8(13(20)15-7-11(14)18)17-12(19)5-4-9(16-17)10-3-2-6-21-10/h2-6,8H,7H2,1H3,(H2,14,18)(H,15,20). The van der Waals surface area contributed by atoms with Gasteiger partial charge in [0.15, 0.2) is 5.76 Å². The average Bonchev–Trinajstić information content (AvgIpc) is 2.98. The highest BCUT2D eigenvalue weighted by Crippen LogP contribution is 2.16. The van der Waals surface area contributed by atoms with Crippen molar-refractivity contribution in [3.63, 3.8) is 0 Å². The average molecular weight is 290 g/mol. The van der Waals surface area contributed by atoms with E-state index in [1.165, 1.54) is 25.3 Å².